The van der Waals surface area contributed by atoms with Gasteiger partial charge in [0.15, 0.2) is 0 Å². The van der Waals surface area contributed by atoms with Gasteiger partial charge in [-0.3, -0.25) is 4.79 Å². The van der Waals surface area contributed by atoms with Gasteiger partial charge < -0.3 is 21.8 Å². The molecule has 1 unspecified atom stereocenters. The van der Waals surface area contributed by atoms with Crippen molar-refractivity contribution in [1.82, 2.24) is 20.7 Å². The molecule has 3 heterocycles. The van der Waals surface area contributed by atoms with E-state index >= 15 is 0 Å². The Kier molecular flexibility index (Phi) is 7.42. The third-order valence-corrected chi connectivity index (χ3v) is 6.56. The van der Waals surface area contributed by atoms with Crippen LogP contribution < -0.4 is 27.2 Å². The third-order valence-electron chi connectivity index (χ3n) is 6.33. The maximum Gasteiger partial charge on any atom is 0.272 e. The Morgan fingerprint density at radius 3 is 2.56 bits per heavy atom. The van der Waals surface area contributed by atoms with Crippen molar-refractivity contribution in [2.24, 2.45) is 5.73 Å². The van der Waals surface area contributed by atoms with E-state index in [2.05, 4.69) is 31.5 Å². The van der Waals surface area contributed by atoms with Crippen LogP contribution in [0.25, 0.3) is 11.1 Å². The number of hydrogen-bond donors (Lipinski definition) is 5. The topological polar surface area (TPSA) is 117 Å². The van der Waals surface area contributed by atoms with Crippen molar-refractivity contribution >= 4 is 29.1 Å². The molecule has 5 rings (SSSR count). The van der Waals surface area contributed by atoms with Gasteiger partial charge in [0.2, 0.25) is 0 Å². The highest BCUT2D eigenvalue weighted by Crippen LogP contribution is 2.30. The Bertz CT molecular complexity index is 1510. The van der Waals surface area contributed by atoms with Crippen molar-refractivity contribution in [2.75, 3.05) is 10.7 Å². The number of anilines is 2. The first-order valence-electron chi connectivity index (χ1n) is 12.2. The summed E-state index contributed by atoms with van der Waals surface area (Å²) in [5, 5.41) is 6.41. The zero-order valence-electron chi connectivity index (χ0n) is 20.9. The van der Waals surface area contributed by atoms with Crippen molar-refractivity contribution in [1.29, 1.82) is 0 Å². The van der Waals surface area contributed by atoms with E-state index in [1.807, 2.05) is 36.4 Å². The number of carbonyl (C=O) groups excluding carboxylic acids is 1. The number of carbonyl (C=O) groups is 1. The lowest BCUT2D eigenvalue weighted by atomic mass is 10.0. The molecule has 0 bridgehead atoms. The molecule has 1 aliphatic heterocycles. The molecule has 2 aromatic carbocycles. The molecule has 0 aliphatic carbocycles. The van der Waals surface area contributed by atoms with Crippen LogP contribution in [-0.4, -0.2) is 15.9 Å². The standard InChI is InChI=1S/C28H26ClF2N7O/c1-28(30,31)20-11-23(27(39)36-13-17-3-2-4-21(29)9-17)25(35-15-20)33-12-16-5-7-18(8-6-16)19-10-22-24(32)37-38-26(22)34-14-19/h2-11,14-15,24,37H,12-13,32H2,1H3,(H,33,35)(H,34,38)(H,36,39). The Balaban J connectivity index is 1.31. The second kappa shape index (κ2) is 10.9. The Labute approximate surface area is 229 Å². The second-order valence-corrected chi connectivity index (χ2v) is 9.72. The molecule has 1 amide bonds. The summed E-state index contributed by atoms with van der Waals surface area (Å²) in [7, 11) is 0. The number of nitrogens with one attached hydrogen (secondary N) is 4. The number of benzene rings is 2. The van der Waals surface area contributed by atoms with E-state index in [0.29, 0.717) is 17.4 Å². The van der Waals surface area contributed by atoms with Crippen LogP contribution in [0, 0.1) is 0 Å². The normalized spacial score (nSPS) is 14.4. The van der Waals surface area contributed by atoms with Crippen LogP contribution >= 0.6 is 11.6 Å². The van der Waals surface area contributed by atoms with Gasteiger partial charge in [0.25, 0.3) is 11.8 Å². The lowest BCUT2D eigenvalue weighted by Crippen LogP contribution is -2.25. The molecule has 200 valence electrons. The molecule has 0 fully saturated rings. The molecule has 0 saturated carbocycles. The van der Waals surface area contributed by atoms with Gasteiger partial charge in [-0.05, 0) is 41.0 Å². The summed E-state index contributed by atoms with van der Waals surface area (Å²) < 4.78 is 28.0. The van der Waals surface area contributed by atoms with E-state index in [9.17, 15) is 13.6 Å². The van der Waals surface area contributed by atoms with E-state index < -0.39 is 11.8 Å². The number of hydrogen-bond acceptors (Lipinski definition) is 7. The van der Waals surface area contributed by atoms with Gasteiger partial charge in [-0.15, -0.1) is 0 Å². The summed E-state index contributed by atoms with van der Waals surface area (Å²) in [6.45, 7) is 1.27. The fourth-order valence-corrected chi connectivity index (χ4v) is 4.36. The van der Waals surface area contributed by atoms with Gasteiger partial charge in [-0.1, -0.05) is 48.0 Å². The first-order valence-corrected chi connectivity index (χ1v) is 12.6. The fraction of sp³-hybridized carbons (Fsp3) is 0.179. The number of pyridine rings is 2. The molecule has 6 N–H and O–H groups in total. The van der Waals surface area contributed by atoms with Crippen LogP contribution in [0.15, 0.2) is 73.1 Å². The van der Waals surface area contributed by atoms with Crippen LogP contribution in [0.4, 0.5) is 20.4 Å². The van der Waals surface area contributed by atoms with Crippen LogP contribution in [0.2, 0.25) is 5.02 Å². The minimum absolute atomic E-state index is 0.0236. The number of rotatable bonds is 8. The largest absolute Gasteiger partial charge is 0.365 e. The van der Waals surface area contributed by atoms with Crippen molar-refractivity contribution in [3.63, 3.8) is 0 Å². The van der Waals surface area contributed by atoms with E-state index in [-0.39, 0.29) is 29.7 Å². The number of fused-ring (bicyclic) bond motifs is 1. The summed E-state index contributed by atoms with van der Waals surface area (Å²) >= 11 is 6.02. The molecular formula is C28H26ClF2N7O. The van der Waals surface area contributed by atoms with Crippen molar-refractivity contribution < 1.29 is 13.6 Å². The number of nitrogens with zero attached hydrogens (tertiary/aromatic N) is 2. The first kappa shape index (κ1) is 26.5. The third kappa shape index (κ3) is 6.14. The summed E-state index contributed by atoms with van der Waals surface area (Å²) in [6.07, 6.45) is 2.51. The van der Waals surface area contributed by atoms with E-state index in [1.54, 1.807) is 24.4 Å². The zero-order valence-corrected chi connectivity index (χ0v) is 21.7. The molecule has 0 radical (unpaired) electrons. The minimum atomic E-state index is -3.15. The Hall–Kier alpha value is -4.12. The van der Waals surface area contributed by atoms with Crippen LogP contribution in [0.1, 0.15) is 45.7 Å². The average Bonchev–Trinajstić information content (AvgIpc) is 3.30. The molecule has 11 heteroatoms. The number of amides is 1. The van der Waals surface area contributed by atoms with Crippen molar-refractivity contribution in [3.8, 4) is 11.1 Å². The predicted molar refractivity (Wildman–Crippen MR) is 147 cm³/mol. The first-order chi connectivity index (χ1) is 18.7. The van der Waals surface area contributed by atoms with Crippen molar-refractivity contribution in [3.05, 3.63) is 106 Å². The number of alkyl halides is 2. The molecule has 4 aromatic rings. The van der Waals surface area contributed by atoms with Crippen molar-refractivity contribution in [2.45, 2.75) is 32.1 Å². The maximum atomic E-state index is 14.0. The molecule has 39 heavy (non-hydrogen) atoms. The summed E-state index contributed by atoms with van der Waals surface area (Å²) in [5.74, 6) is -2.77. The van der Waals surface area contributed by atoms with Gasteiger partial charge in [0, 0.05) is 54.1 Å². The molecule has 0 spiro atoms. The van der Waals surface area contributed by atoms with Gasteiger partial charge in [0.05, 0.1) is 5.56 Å². The quantitative estimate of drug-likeness (QED) is 0.201. The Morgan fingerprint density at radius 1 is 1.03 bits per heavy atom. The molecule has 1 aliphatic rings. The lowest BCUT2D eigenvalue weighted by Gasteiger charge is -2.16. The molecule has 8 nitrogen and oxygen atoms in total. The van der Waals surface area contributed by atoms with Gasteiger partial charge in [0.1, 0.15) is 17.8 Å². The lowest BCUT2D eigenvalue weighted by molar-refractivity contribution is 0.0171. The van der Waals surface area contributed by atoms with E-state index in [0.717, 1.165) is 40.9 Å². The summed E-state index contributed by atoms with van der Waals surface area (Å²) in [4.78, 5) is 21.6. The summed E-state index contributed by atoms with van der Waals surface area (Å²) in [6, 6.07) is 17.9. The smallest absolute Gasteiger partial charge is 0.272 e. The Morgan fingerprint density at radius 2 is 1.82 bits per heavy atom. The monoisotopic (exact) mass is 549 g/mol. The molecule has 2 aromatic heterocycles. The zero-order chi connectivity index (χ0) is 27.6. The highest BCUT2D eigenvalue weighted by atomic mass is 35.5. The van der Waals surface area contributed by atoms with Gasteiger partial charge in [-0.2, -0.15) is 0 Å². The van der Waals surface area contributed by atoms with E-state index in [1.165, 1.54) is 6.07 Å². The minimum Gasteiger partial charge on any atom is -0.365 e. The highest BCUT2D eigenvalue weighted by Gasteiger charge is 2.27. The number of halogens is 3. The second-order valence-electron chi connectivity index (χ2n) is 9.28. The highest BCUT2D eigenvalue weighted by molar-refractivity contribution is 6.30. The molecule has 1 atom stereocenters. The predicted octanol–water partition coefficient (Wildman–Crippen LogP) is 5.34. The number of nitrogens with two attached hydrogens (primary N) is 1. The number of hydrazine groups is 1. The van der Waals surface area contributed by atoms with Crippen LogP contribution in [0.3, 0.4) is 0 Å². The van der Waals surface area contributed by atoms with E-state index in [4.69, 9.17) is 17.3 Å². The van der Waals surface area contributed by atoms with Gasteiger partial charge >= 0.3 is 0 Å². The molecule has 0 saturated heterocycles. The van der Waals surface area contributed by atoms with Crippen LogP contribution in [0.5, 0.6) is 0 Å². The fourth-order valence-electron chi connectivity index (χ4n) is 4.15. The van der Waals surface area contributed by atoms with Crippen LogP contribution in [-0.2, 0) is 19.0 Å². The number of aromatic nitrogens is 2. The van der Waals surface area contributed by atoms with Gasteiger partial charge in [-0.25, -0.2) is 24.2 Å². The average molecular weight is 550 g/mol. The molecular weight excluding hydrogens is 524 g/mol. The summed E-state index contributed by atoms with van der Waals surface area (Å²) in [5.41, 5.74) is 16.0. The maximum absolute atomic E-state index is 14.0. The SMILES string of the molecule is CC(F)(F)c1cnc(NCc2ccc(-c3cnc4c(c3)C(N)NN4)cc2)c(C(=O)NCc2cccc(Cl)c2)c1.